The Bertz CT molecular complexity index is 454. The smallest absolute Gasteiger partial charge is 0.321 e. The number of benzene rings is 1. The predicted molar refractivity (Wildman–Crippen MR) is 79.8 cm³/mol. The first-order valence-corrected chi connectivity index (χ1v) is 7.91. The molecule has 0 saturated heterocycles. The Morgan fingerprint density at radius 1 is 1.42 bits per heavy atom. The molecule has 0 fully saturated rings. The summed E-state index contributed by atoms with van der Waals surface area (Å²) in [6.45, 7) is 0. The summed E-state index contributed by atoms with van der Waals surface area (Å²) in [7, 11) is 0. The molecule has 5 nitrogen and oxygen atoms in total. The summed E-state index contributed by atoms with van der Waals surface area (Å²) in [5.41, 5.74) is 6.11. The second-order valence-electron chi connectivity index (χ2n) is 3.71. The molecular formula is C12H16N2O3S2. The minimum absolute atomic E-state index is 0.163. The third-order valence-electron chi connectivity index (χ3n) is 2.23. The van der Waals surface area contributed by atoms with Gasteiger partial charge in [-0.05, 0) is 18.4 Å². The summed E-state index contributed by atoms with van der Waals surface area (Å²) in [4.78, 5) is 23.2. The fourth-order valence-electron chi connectivity index (χ4n) is 1.28. The largest absolute Gasteiger partial charge is 0.480 e. The lowest BCUT2D eigenvalue weighted by Crippen LogP contribution is -2.33. The van der Waals surface area contributed by atoms with Gasteiger partial charge in [-0.25, -0.2) is 0 Å². The molecule has 0 heterocycles. The van der Waals surface area contributed by atoms with Crippen molar-refractivity contribution in [3.05, 3.63) is 24.3 Å². The van der Waals surface area contributed by atoms with E-state index in [0.717, 1.165) is 10.6 Å². The molecule has 19 heavy (non-hydrogen) atoms. The first-order valence-electron chi connectivity index (χ1n) is 5.53. The molecule has 7 heteroatoms. The van der Waals surface area contributed by atoms with Crippen LogP contribution < -0.4 is 11.1 Å². The van der Waals surface area contributed by atoms with Gasteiger partial charge >= 0.3 is 5.97 Å². The normalized spacial score (nSPS) is 11.9. The van der Waals surface area contributed by atoms with Crippen LogP contribution in [0.25, 0.3) is 0 Å². The van der Waals surface area contributed by atoms with Gasteiger partial charge in [0, 0.05) is 10.6 Å². The number of thioether (sulfide) groups is 2. The van der Waals surface area contributed by atoms with Gasteiger partial charge in [-0.1, -0.05) is 12.1 Å². The molecule has 1 atom stereocenters. The number of aliphatic carboxylic acids is 1. The molecule has 104 valence electrons. The van der Waals surface area contributed by atoms with Crippen molar-refractivity contribution in [2.24, 2.45) is 5.73 Å². The number of carboxylic acids is 1. The fraction of sp³-hybridized carbons (Fsp3) is 0.333. The van der Waals surface area contributed by atoms with Gasteiger partial charge in [-0.2, -0.15) is 0 Å². The first-order chi connectivity index (χ1) is 9.04. The van der Waals surface area contributed by atoms with E-state index in [1.54, 1.807) is 11.8 Å². The van der Waals surface area contributed by atoms with Gasteiger partial charge in [0.15, 0.2) is 0 Å². The molecule has 0 saturated carbocycles. The zero-order valence-electron chi connectivity index (χ0n) is 10.5. The predicted octanol–water partition coefficient (Wildman–Crippen LogP) is 1.49. The van der Waals surface area contributed by atoms with E-state index in [2.05, 4.69) is 5.32 Å². The molecule has 0 spiro atoms. The third kappa shape index (κ3) is 5.54. The number of hydrogen-bond donors (Lipinski definition) is 3. The minimum atomic E-state index is -1.05. The Kier molecular flexibility index (Phi) is 6.75. The maximum absolute atomic E-state index is 11.7. The average Bonchev–Trinajstić information content (AvgIpc) is 2.39. The number of nitrogens with one attached hydrogen (secondary N) is 1. The van der Waals surface area contributed by atoms with Crippen molar-refractivity contribution in [2.45, 2.75) is 10.9 Å². The monoisotopic (exact) mass is 300 g/mol. The van der Waals surface area contributed by atoms with Gasteiger partial charge in [0.25, 0.3) is 0 Å². The molecule has 0 aliphatic carbocycles. The Morgan fingerprint density at radius 3 is 2.74 bits per heavy atom. The number of anilines is 1. The highest BCUT2D eigenvalue weighted by molar-refractivity contribution is 8.00. The van der Waals surface area contributed by atoms with E-state index in [1.807, 2.05) is 30.5 Å². The number of carboxylic acid groups (broad SMARTS) is 1. The zero-order valence-corrected chi connectivity index (χ0v) is 12.1. The molecule has 0 aliphatic heterocycles. The van der Waals surface area contributed by atoms with Crippen molar-refractivity contribution >= 4 is 41.1 Å². The summed E-state index contributed by atoms with van der Waals surface area (Å²) >= 11 is 2.76. The van der Waals surface area contributed by atoms with Crippen LogP contribution in [-0.4, -0.2) is 40.8 Å². The van der Waals surface area contributed by atoms with Crippen LogP contribution in [0.3, 0.4) is 0 Å². The maximum Gasteiger partial charge on any atom is 0.321 e. The van der Waals surface area contributed by atoms with Crippen LogP contribution in [0.4, 0.5) is 5.69 Å². The maximum atomic E-state index is 11.7. The average molecular weight is 300 g/mol. The van der Waals surface area contributed by atoms with Crippen LogP contribution >= 0.6 is 23.5 Å². The highest BCUT2D eigenvalue weighted by atomic mass is 32.2. The van der Waals surface area contributed by atoms with Gasteiger partial charge in [0.05, 0.1) is 11.4 Å². The highest BCUT2D eigenvalue weighted by Crippen LogP contribution is 2.24. The number of para-hydroxylation sites is 1. The van der Waals surface area contributed by atoms with Gasteiger partial charge in [0.2, 0.25) is 5.91 Å². The Hall–Kier alpha value is -1.18. The molecule has 1 rings (SSSR count). The molecule has 0 unspecified atom stereocenters. The SMILES string of the molecule is CSc1ccccc1NC(=O)CSC[C@H](N)C(=O)O. The van der Waals surface area contributed by atoms with E-state index in [-0.39, 0.29) is 17.4 Å². The number of carbonyl (C=O) groups excluding carboxylic acids is 1. The summed E-state index contributed by atoms with van der Waals surface area (Å²) < 4.78 is 0. The van der Waals surface area contributed by atoms with Gasteiger partial charge in [0.1, 0.15) is 6.04 Å². The lowest BCUT2D eigenvalue weighted by molar-refractivity contribution is -0.137. The molecular weight excluding hydrogens is 284 g/mol. The molecule has 1 aromatic rings. The Morgan fingerprint density at radius 2 is 2.11 bits per heavy atom. The molecule has 1 amide bonds. The number of nitrogens with two attached hydrogens (primary N) is 1. The molecule has 1 aromatic carbocycles. The van der Waals surface area contributed by atoms with Crippen molar-refractivity contribution in [1.82, 2.24) is 0 Å². The van der Waals surface area contributed by atoms with Crippen molar-refractivity contribution in [3.63, 3.8) is 0 Å². The van der Waals surface area contributed by atoms with Crippen LogP contribution in [0.2, 0.25) is 0 Å². The second kappa shape index (κ2) is 8.08. The van der Waals surface area contributed by atoms with Crippen molar-refractivity contribution in [3.8, 4) is 0 Å². The van der Waals surface area contributed by atoms with Gasteiger partial charge < -0.3 is 16.2 Å². The highest BCUT2D eigenvalue weighted by Gasteiger charge is 2.12. The van der Waals surface area contributed by atoms with Crippen LogP contribution in [-0.2, 0) is 9.59 Å². The summed E-state index contributed by atoms with van der Waals surface area (Å²) in [5.74, 6) is -0.818. The van der Waals surface area contributed by atoms with Gasteiger partial charge in [-0.15, -0.1) is 23.5 Å². The quantitative estimate of drug-likeness (QED) is 0.661. The summed E-state index contributed by atoms with van der Waals surface area (Å²) in [5, 5.41) is 11.4. The van der Waals surface area contributed by atoms with E-state index in [1.165, 1.54) is 11.8 Å². The van der Waals surface area contributed by atoms with Crippen molar-refractivity contribution in [2.75, 3.05) is 23.1 Å². The summed E-state index contributed by atoms with van der Waals surface area (Å²) in [6.07, 6.45) is 1.94. The van der Waals surface area contributed by atoms with Crippen molar-refractivity contribution in [1.29, 1.82) is 0 Å². The van der Waals surface area contributed by atoms with E-state index in [4.69, 9.17) is 10.8 Å². The van der Waals surface area contributed by atoms with E-state index in [9.17, 15) is 9.59 Å². The zero-order chi connectivity index (χ0) is 14.3. The number of hydrogen-bond acceptors (Lipinski definition) is 5. The standard InChI is InChI=1S/C12H16N2O3S2/c1-18-10-5-3-2-4-9(10)14-11(15)7-19-6-8(13)12(16)17/h2-5,8H,6-7,13H2,1H3,(H,14,15)(H,16,17)/t8-/m0/s1. The van der Waals surface area contributed by atoms with E-state index >= 15 is 0 Å². The number of rotatable bonds is 7. The van der Waals surface area contributed by atoms with Crippen LogP contribution in [0.15, 0.2) is 29.2 Å². The van der Waals surface area contributed by atoms with Gasteiger partial charge in [-0.3, -0.25) is 9.59 Å². The lowest BCUT2D eigenvalue weighted by Gasteiger charge is -2.09. The first kappa shape index (κ1) is 15.9. The van der Waals surface area contributed by atoms with E-state index < -0.39 is 12.0 Å². The molecule has 0 radical (unpaired) electrons. The molecule has 0 bridgehead atoms. The topological polar surface area (TPSA) is 92.4 Å². The Balaban J connectivity index is 2.41. The van der Waals surface area contributed by atoms with Crippen LogP contribution in [0, 0.1) is 0 Å². The lowest BCUT2D eigenvalue weighted by atomic mass is 10.3. The summed E-state index contributed by atoms with van der Waals surface area (Å²) in [6, 6.07) is 6.58. The van der Waals surface area contributed by atoms with Crippen LogP contribution in [0.1, 0.15) is 0 Å². The van der Waals surface area contributed by atoms with Crippen molar-refractivity contribution < 1.29 is 14.7 Å². The number of carbonyl (C=O) groups is 2. The molecule has 0 aliphatic rings. The third-order valence-corrected chi connectivity index (χ3v) is 4.09. The van der Waals surface area contributed by atoms with E-state index in [0.29, 0.717) is 0 Å². The number of amides is 1. The minimum Gasteiger partial charge on any atom is -0.480 e. The second-order valence-corrected chi connectivity index (χ2v) is 5.59. The van der Waals surface area contributed by atoms with Crippen LogP contribution in [0.5, 0.6) is 0 Å². The fourth-order valence-corrected chi connectivity index (χ4v) is 2.61. The molecule has 4 N–H and O–H groups in total. The Labute approximate surface area is 120 Å². The molecule has 0 aromatic heterocycles.